The first-order chi connectivity index (χ1) is 6.67. The lowest BCUT2D eigenvalue weighted by molar-refractivity contribution is -0.160. The number of esters is 1. The van der Waals surface area contributed by atoms with Crippen LogP contribution in [0.1, 0.15) is 32.6 Å². The molecular formula is C11H18O3. The van der Waals surface area contributed by atoms with Gasteiger partial charge in [0, 0.05) is 0 Å². The van der Waals surface area contributed by atoms with Crippen molar-refractivity contribution in [3.05, 3.63) is 12.7 Å². The Morgan fingerprint density at radius 3 is 2.93 bits per heavy atom. The predicted molar refractivity (Wildman–Crippen MR) is 53.7 cm³/mol. The lowest BCUT2D eigenvalue weighted by Crippen LogP contribution is -2.39. The molecule has 80 valence electrons. The number of hydrogen-bond donors (Lipinski definition) is 1. The Kier molecular flexibility index (Phi) is 3.69. The predicted octanol–water partition coefficient (Wildman–Crippen LogP) is 1.66. The molecule has 3 nitrogen and oxygen atoms in total. The molecule has 0 bridgehead atoms. The van der Waals surface area contributed by atoms with Crippen LogP contribution in [0.2, 0.25) is 0 Å². The quantitative estimate of drug-likeness (QED) is 0.552. The van der Waals surface area contributed by atoms with Gasteiger partial charge in [-0.1, -0.05) is 6.08 Å². The molecule has 0 aromatic heterocycles. The summed E-state index contributed by atoms with van der Waals surface area (Å²) in [5.41, 5.74) is -0.711. The van der Waals surface area contributed by atoms with E-state index in [0.717, 1.165) is 6.42 Å². The Morgan fingerprint density at radius 2 is 2.50 bits per heavy atom. The van der Waals surface area contributed by atoms with Crippen molar-refractivity contribution in [1.82, 2.24) is 0 Å². The third kappa shape index (κ3) is 1.82. The highest BCUT2D eigenvalue weighted by atomic mass is 16.5. The first-order valence-electron chi connectivity index (χ1n) is 5.13. The molecule has 1 fully saturated rings. The molecule has 0 unspecified atom stereocenters. The van der Waals surface area contributed by atoms with Crippen molar-refractivity contribution in [3.8, 4) is 0 Å². The van der Waals surface area contributed by atoms with Gasteiger partial charge in [-0.2, -0.15) is 0 Å². The van der Waals surface area contributed by atoms with E-state index in [9.17, 15) is 9.90 Å². The smallest absolute Gasteiger partial charge is 0.315 e. The summed E-state index contributed by atoms with van der Waals surface area (Å²) in [7, 11) is 0. The van der Waals surface area contributed by atoms with Crippen LogP contribution in [-0.4, -0.2) is 23.8 Å². The lowest BCUT2D eigenvalue weighted by Gasteiger charge is -2.28. The highest BCUT2D eigenvalue weighted by Crippen LogP contribution is 2.42. The molecular weight excluding hydrogens is 180 g/mol. The van der Waals surface area contributed by atoms with Gasteiger partial charge in [-0.15, -0.1) is 6.58 Å². The lowest BCUT2D eigenvalue weighted by atomic mass is 9.81. The van der Waals surface area contributed by atoms with E-state index in [-0.39, 0.29) is 5.97 Å². The van der Waals surface area contributed by atoms with E-state index in [1.165, 1.54) is 0 Å². The number of aliphatic hydroxyl groups is 1. The van der Waals surface area contributed by atoms with Crippen molar-refractivity contribution in [3.63, 3.8) is 0 Å². The molecule has 1 aliphatic rings. The number of rotatable bonds is 4. The van der Waals surface area contributed by atoms with Gasteiger partial charge in [0.05, 0.1) is 18.1 Å². The topological polar surface area (TPSA) is 46.5 Å². The third-order valence-electron chi connectivity index (χ3n) is 2.93. The number of allylic oxidation sites excluding steroid dienone is 1. The zero-order chi connectivity index (χ0) is 10.6. The fraction of sp³-hybridized carbons (Fsp3) is 0.727. The summed E-state index contributed by atoms with van der Waals surface area (Å²) in [5, 5.41) is 9.82. The number of carbonyl (C=O) groups excluding carboxylic acids is 1. The SMILES string of the molecule is C=CC[C@@]1(C(=O)OCC)CCC[C@@H]1O. The van der Waals surface area contributed by atoms with Crippen LogP contribution in [-0.2, 0) is 9.53 Å². The maximum absolute atomic E-state index is 11.7. The second-order valence-corrected chi connectivity index (χ2v) is 3.78. The summed E-state index contributed by atoms with van der Waals surface area (Å²) in [6.07, 6.45) is 3.90. The number of ether oxygens (including phenoxy) is 1. The Labute approximate surface area is 84.8 Å². The first kappa shape index (κ1) is 11.2. The van der Waals surface area contributed by atoms with E-state index in [2.05, 4.69) is 6.58 Å². The van der Waals surface area contributed by atoms with Crippen molar-refractivity contribution in [2.24, 2.45) is 5.41 Å². The van der Waals surface area contributed by atoms with Crippen molar-refractivity contribution in [2.75, 3.05) is 6.61 Å². The monoisotopic (exact) mass is 198 g/mol. The van der Waals surface area contributed by atoms with Gasteiger partial charge < -0.3 is 9.84 Å². The molecule has 3 heteroatoms. The van der Waals surface area contributed by atoms with Gasteiger partial charge in [-0.25, -0.2) is 0 Å². The average molecular weight is 198 g/mol. The second-order valence-electron chi connectivity index (χ2n) is 3.78. The molecule has 1 rings (SSSR count). The van der Waals surface area contributed by atoms with E-state index in [0.29, 0.717) is 25.9 Å². The molecule has 14 heavy (non-hydrogen) atoms. The summed E-state index contributed by atoms with van der Waals surface area (Å²) in [6.45, 7) is 5.77. The average Bonchev–Trinajstić information content (AvgIpc) is 2.50. The third-order valence-corrected chi connectivity index (χ3v) is 2.93. The van der Waals surface area contributed by atoms with Crippen LogP contribution in [0.4, 0.5) is 0 Å². The van der Waals surface area contributed by atoms with Crippen molar-refractivity contribution in [2.45, 2.75) is 38.7 Å². The van der Waals surface area contributed by atoms with Gasteiger partial charge in [0.25, 0.3) is 0 Å². The molecule has 0 spiro atoms. The van der Waals surface area contributed by atoms with Crippen LogP contribution >= 0.6 is 0 Å². The number of aliphatic hydroxyl groups excluding tert-OH is 1. The molecule has 1 aliphatic carbocycles. The minimum atomic E-state index is -0.711. The molecule has 1 N–H and O–H groups in total. The minimum Gasteiger partial charge on any atom is -0.465 e. The maximum Gasteiger partial charge on any atom is 0.315 e. The van der Waals surface area contributed by atoms with Gasteiger partial charge in [-0.3, -0.25) is 4.79 Å². The standard InChI is InChI=1S/C11H18O3/c1-3-7-11(10(13)14-4-2)8-5-6-9(11)12/h3,9,12H,1,4-8H2,2H3/t9-,11+/m0/s1. The Hall–Kier alpha value is -0.830. The summed E-state index contributed by atoms with van der Waals surface area (Å²) >= 11 is 0. The fourth-order valence-electron chi connectivity index (χ4n) is 2.15. The first-order valence-corrected chi connectivity index (χ1v) is 5.13. The van der Waals surface area contributed by atoms with E-state index in [1.54, 1.807) is 13.0 Å². The van der Waals surface area contributed by atoms with Crippen molar-refractivity contribution < 1.29 is 14.6 Å². The van der Waals surface area contributed by atoms with E-state index in [1.807, 2.05) is 0 Å². The number of hydrogen-bond acceptors (Lipinski definition) is 3. The van der Waals surface area contributed by atoms with Crippen LogP contribution < -0.4 is 0 Å². The van der Waals surface area contributed by atoms with Gasteiger partial charge in [0.15, 0.2) is 0 Å². The summed E-state index contributed by atoms with van der Waals surface area (Å²) in [6, 6.07) is 0. The summed E-state index contributed by atoms with van der Waals surface area (Å²) in [4.78, 5) is 11.7. The van der Waals surface area contributed by atoms with Crippen molar-refractivity contribution >= 4 is 5.97 Å². The summed E-state index contributed by atoms with van der Waals surface area (Å²) < 4.78 is 5.01. The molecule has 0 aliphatic heterocycles. The summed E-state index contributed by atoms with van der Waals surface area (Å²) in [5.74, 6) is -0.273. The van der Waals surface area contributed by atoms with Gasteiger partial charge in [-0.05, 0) is 32.6 Å². The van der Waals surface area contributed by atoms with Gasteiger partial charge in [0.1, 0.15) is 0 Å². The largest absolute Gasteiger partial charge is 0.465 e. The maximum atomic E-state index is 11.7. The zero-order valence-corrected chi connectivity index (χ0v) is 8.66. The Morgan fingerprint density at radius 1 is 1.79 bits per heavy atom. The molecule has 0 aromatic carbocycles. The Balaban J connectivity index is 2.80. The van der Waals surface area contributed by atoms with E-state index in [4.69, 9.17) is 4.74 Å². The van der Waals surface area contributed by atoms with Crippen LogP contribution in [0.3, 0.4) is 0 Å². The second kappa shape index (κ2) is 4.60. The van der Waals surface area contributed by atoms with E-state index >= 15 is 0 Å². The van der Waals surface area contributed by atoms with Crippen LogP contribution in [0.15, 0.2) is 12.7 Å². The van der Waals surface area contributed by atoms with Gasteiger partial charge in [0.2, 0.25) is 0 Å². The number of carbonyl (C=O) groups is 1. The Bertz CT molecular complexity index is 225. The zero-order valence-electron chi connectivity index (χ0n) is 8.66. The minimum absolute atomic E-state index is 0.273. The van der Waals surface area contributed by atoms with E-state index < -0.39 is 11.5 Å². The van der Waals surface area contributed by atoms with Gasteiger partial charge >= 0.3 is 5.97 Å². The van der Waals surface area contributed by atoms with Crippen LogP contribution in [0, 0.1) is 5.41 Å². The molecule has 0 amide bonds. The molecule has 0 saturated heterocycles. The van der Waals surface area contributed by atoms with Crippen LogP contribution in [0.25, 0.3) is 0 Å². The van der Waals surface area contributed by atoms with Crippen LogP contribution in [0.5, 0.6) is 0 Å². The highest BCUT2D eigenvalue weighted by molar-refractivity contribution is 5.78. The molecule has 1 saturated carbocycles. The molecule has 0 aromatic rings. The molecule has 0 radical (unpaired) electrons. The normalized spacial score (nSPS) is 31.4. The molecule has 2 atom stereocenters. The van der Waals surface area contributed by atoms with Crippen molar-refractivity contribution in [1.29, 1.82) is 0 Å². The molecule has 0 heterocycles. The fourth-order valence-corrected chi connectivity index (χ4v) is 2.15. The highest BCUT2D eigenvalue weighted by Gasteiger charge is 2.48.